The first-order valence-corrected chi connectivity index (χ1v) is 19.8. The van der Waals surface area contributed by atoms with E-state index in [1.807, 2.05) is 24.3 Å². The van der Waals surface area contributed by atoms with Crippen LogP contribution in [0.15, 0.2) is 149 Å². The number of fused-ring (bicyclic) bond motifs is 4. The molecular weight excluding hydrogens is 757 g/mol. The molecule has 0 aliphatic carbocycles. The highest BCUT2D eigenvalue weighted by atomic mass is 32.2. The molecule has 0 saturated carbocycles. The minimum absolute atomic E-state index is 0.0335. The Labute approximate surface area is 318 Å². The molecule has 0 heterocycles. The molecule has 0 atom stereocenters. The van der Waals surface area contributed by atoms with Crippen molar-refractivity contribution in [2.75, 3.05) is 9.44 Å². The van der Waals surface area contributed by atoms with Crippen LogP contribution in [-0.4, -0.2) is 44.1 Å². The third-order valence-electron chi connectivity index (χ3n) is 9.32. The van der Waals surface area contributed by atoms with Gasteiger partial charge in [-0.25, -0.2) is 26.4 Å². The average molecular weight is 785 g/mol. The first-order valence-electron chi connectivity index (χ1n) is 16.8. The van der Waals surface area contributed by atoms with Gasteiger partial charge in [0.15, 0.2) is 0 Å². The molecule has 0 aliphatic heterocycles. The van der Waals surface area contributed by atoms with Crippen LogP contribution < -0.4 is 14.2 Å². The lowest BCUT2D eigenvalue weighted by Gasteiger charge is -2.19. The van der Waals surface area contributed by atoms with E-state index in [0.29, 0.717) is 10.8 Å². The van der Waals surface area contributed by atoms with Gasteiger partial charge in [-0.05, 0) is 47.2 Å². The predicted molar refractivity (Wildman–Crippen MR) is 213 cm³/mol. The molecule has 56 heavy (non-hydrogen) atoms. The Morgan fingerprint density at radius 3 is 1.68 bits per heavy atom. The standard InChI is InChI=1S/C42H28N2O10S2/c45-39-31-15-7-5-13-29(31)37(22-33(39)41(46)47)56(52,53)44-35-19-20-36(28-12-4-3-11-27(28)35)54-40-32-16-8-6-14-30(32)38(23-34(40)42(48)49)55(50,51)43-26-18-17-24-9-1-2-10-25(24)21-26/h1-23,43-45H,(H,46,47)(H,48,49). The van der Waals surface area contributed by atoms with E-state index in [0.717, 1.165) is 22.9 Å². The average Bonchev–Trinajstić information content (AvgIpc) is 3.18. The van der Waals surface area contributed by atoms with E-state index in [4.69, 9.17) is 4.74 Å². The van der Waals surface area contributed by atoms with Crippen molar-refractivity contribution in [2.45, 2.75) is 9.79 Å². The number of nitrogens with one attached hydrogen (secondary N) is 2. The van der Waals surface area contributed by atoms with Gasteiger partial charge in [0.1, 0.15) is 28.4 Å². The lowest BCUT2D eigenvalue weighted by atomic mass is 10.0. The van der Waals surface area contributed by atoms with E-state index in [9.17, 15) is 41.7 Å². The van der Waals surface area contributed by atoms with Crippen LogP contribution in [0.2, 0.25) is 0 Å². The molecule has 0 radical (unpaired) electrons. The minimum atomic E-state index is -4.48. The number of ether oxygens (including phenoxy) is 1. The first kappa shape index (κ1) is 35.8. The zero-order valence-corrected chi connectivity index (χ0v) is 30.4. The zero-order chi connectivity index (χ0) is 39.4. The van der Waals surface area contributed by atoms with Crippen molar-refractivity contribution in [3.8, 4) is 17.2 Å². The molecule has 0 fully saturated rings. The van der Waals surface area contributed by atoms with Crippen LogP contribution >= 0.6 is 0 Å². The molecular formula is C42H28N2O10S2. The Morgan fingerprint density at radius 2 is 1.02 bits per heavy atom. The van der Waals surface area contributed by atoms with E-state index < -0.39 is 48.9 Å². The molecule has 0 amide bonds. The quantitative estimate of drug-likeness (QED) is 0.0894. The predicted octanol–water partition coefficient (Wildman–Crippen LogP) is 8.80. The van der Waals surface area contributed by atoms with Crippen molar-refractivity contribution < 1.29 is 46.5 Å². The summed E-state index contributed by atoms with van der Waals surface area (Å²) in [5.41, 5.74) is -0.660. The van der Waals surface area contributed by atoms with Gasteiger partial charge in [0.05, 0.1) is 15.5 Å². The number of carboxylic acid groups (broad SMARTS) is 2. The number of phenols is 1. The van der Waals surface area contributed by atoms with E-state index in [2.05, 4.69) is 9.44 Å². The normalized spacial score (nSPS) is 11.9. The summed E-state index contributed by atoms with van der Waals surface area (Å²) in [6.07, 6.45) is 0. The summed E-state index contributed by atoms with van der Waals surface area (Å²) in [5.74, 6) is -3.56. The SMILES string of the molecule is O=C(O)c1cc(S(=O)(=O)Nc2ccc(Oc3c(C(=O)O)cc(S(=O)(=O)Nc4ccc5ccccc5c4)c4ccccc34)c3ccccc23)c2ccccc2c1O. The summed E-state index contributed by atoms with van der Waals surface area (Å²) in [6.45, 7) is 0. The van der Waals surface area contributed by atoms with E-state index in [-0.39, 0.29) is 54.2 Å². The topological polar surface area (TPSA) is 196 Å². The van der Waals surface area contributed by atoms with Gasteiger partial charge in [0.25, 0.3) is 20.0 Å². The Morgan fingerprint density at radius 1 is 0.500 bits per heavy atom. The summed E-state index contributed by atoms with van der Waals surface area (Å²) < 4.78 is 67.2. The molecule has 8 rings (SSSR count). The molecule has 0 aromatic heterocycles. The van der Waals surface area contributed by atoms with E-state index in [1.165, 1.54) is 30.3 Å². The molecule has 0 bridgehead atoms. The van der Waals surface area contributed by atoms with Gasteiger partial charge < -0.3 is 20.1 Å². The maximum atomic E-state index is 13.9. The molecule has 0 spiro atoms. The van der Waals surface area contributed by atoms with Crippen molar-refractivity contribution in [3.63, 3.8) is 0 Å². The summed E-state index contributed by atoms with van der Waals surface area (Å²) in [5, 5.41) is 33.6. The second-order valence-electron chi connectivity index (χ2n) is 12.8. The zero-order valence-electron chi connectivity index (χ0n) is 28.8. The molecule has 8 aromatic rings. The Kier molecular flexibility index (Phi) is 8.71. The number of aromatic carboxylic acids is 2. The fourth-order valence-electron chi connectivity index (χ4n) is 6.74. The summed E-state index contributed by atoms with van der Waals surface area (Å²) in [6, 6.07) is 36.1. The van der Waals surface area contributed by atoms with Crippen molar-refractivity contribution in [1.29, 1.82) is 0 Å². The number of hydrogen-bond acceptors (Lipinski definition) is 8. The molecule has 0 aliphatic rings. The van der Waals surface area contributed by atoms with Gasteiger partial charge in [0.2, 0.25) is 0 Å². The summed E-state index contributed by atoms with van der Waals surface area (Å²) >= 11 is 0. The van der Waals surface area contributed by atoms with Gasteiger partial charge >= 0.3 is 11.9 Å². The van der Waals surface area contributed by atoms with E-state index >= 15 is 0 Å². The molecule has 8 aromatic carbocycles. The van der Waals surface area contributed by atoms with Gasteiger partial charge in [0, 0.05) is 38.0 Å². The van der Waals surface area contributed by atoms with Crippen LogP contribution in [0.1, 0.15) is 20.7 Å². The highest BCUT2D eigenvalue weighted by Gasteiger charge is 2.28. The second-order valence-corrected chi connectivity index (χ2v) is 16.1. The highest BCUT2D eigenvalue weighted by molar-refractivity contribution is 7.93. The number of rotatable bonds is 10. The molecule has 278 valence electrons. The molecule has 0 saturated heterocycles. The van der Waals surface area contributed by atoms with Crippen molar-refractivity contribution in [2.24, 2.45) is 0 Å². The summed E-state index contributed by atoms with van der Waals surface area (Å²) in [4.78, 5) is 24.1. The van der Waals surface area contributed by atoms with Crippen LogP contribution in [0, 0.1) is 0 Å². The maximum absolute atomic E-state index is 13.9. The number of aromatic hydroxyl groups is 1. The molecule has 14 heteroatoms. The number of hydrogen-bond donors (Lipinski definition) is 5. The van der Waals surface area contributed by atoms with Crippen molar-refractivity contribution >= 4 is 86.4 Å². The number of anilines is 2. The molecule has 0 unspecified atom stereocenters. The van der Waals surface area contributed by atoms with Gasteiger partial charge in [-0.1, -0.05) is 103 Å². The van der Waals surface area contributed by atoms with E-state index in [1.54, 1.807) is 72.8 Å². The third-order valence-corrected chi connectivity index (χ3v) is 12.1. The van der Waals surface area contributed by atoms with Crippen molar-refractivity contribution in [3.05, 3.63) is 151 Å². The molecule has 5 N–H and O–H groups in total. The lowest BCUT2D eigenvalue weighted by molar-refractivity contribution is 0.0682. The van der Waals surface area contributed by atoms with Crippen LogP contribution in [0.25, 0.3) is 43.1 Å². The van der Waals surface area contributed by atoms with Gasteiger partial charge in [-0.2, -0.15) is 0 Å². The third kappa shape index (κ3) is 6.32. The molecule has 12 nitrogen and oxygen atoms in total. The summed E-state index contributed by atoms with van der Waals surface area (Å²) in [7, 11) is -8.82. The Hall–Kier alpha value is -7.16. The number of carbonyl (C=O) groups is 2. The Balaban J connectivity index is 1.20. The lowest BCUT2D eigenvalue weighted by Crippen LogP contribution is -2.15. The monoisotopic (exact) mass is 784 g/mol. The largest absolute Gasteiger partial charge is 0.506 e. The number of carboxylic acids is 2. The number of sulfonamides is 2. The van der Waals surface area contributed by atoms with Crippen LogP contribution in [0.3, 0.4) is 0 Å². The van der Waals surface area contributed by atoms with Crippen LogP contribution in [-0.2, 0) is 20.0 Å². The van der Waals surface area contributed by atoms with Gasteiger partial charge in [-0.3, -0.25) is 9.44 Å². The maximum Gasteiger partial charge on any atom is 0.339 e. The fourth-order valence-corrected chi connectivity index (χ4v) is 9.35. The second kappa shape index (κ2) is 13.6. The van der Waals surface area contributed by atoms with Gasteiger partial charge in [-0.15, -0.1) is 0 Å². The fraction of sp³-hybridized carbons (Fsp3) is 0. The minimum Gasteiger partial charge on any atom is -0.506 e. The van der Waals surface area contributed by atoms with Crippen LogP contribution in [0.4, 0.5) is 11.4 Å². The smallest absolute Gasteiger partial charge is 0.339 e. The van der Waals surface area contributed by atoms with Crippen LogP contribution in [0.5, 0.6) is 17.2 Å². The first-order chi connectivity index (χ1) is 26.8. The van der Waals surface area contributed by atoms with Crippen molar-refractivity contribution in [1.82, 2.24) is 0 Å². The highest BCUT2D eigenvalue weighted by Crippen LogP contribution is 2.42. The Bertz CT molecular complexity index is 3180. The number of benzene rings is 8.